The molecule has 0 saturated carbocycles. The molecule has 81 valence electrons. The van der Waals surface area contributed by atoms with Gasteiger partial charge in [-0.1, -0.05) is 18.2 Å². The Kier molecular flexibility index (Phi) is 3.62. The van der Waals surface area contributed by atoms with Crippen LogP contribution in [0, 0.1) is 6.10 Å². The Bertz CT molecular complexity index is 303. The molecular formula is C13H17O2. The number of rotatable bonds is 3. The zero-order valence-corrected chi connectivity index (χ0v) is 9.16. The van der Waals surface area contributed by atoms with Crippen LogP contribution < -0.4 is 4.74 Å². The quantitative estimate of drug-likeness (QED) is 0.754. The van der Waals surface area contributed by atoms with Crippen molar-refractivity contribution < 1.29 is 9.47 Å². The highest BCUT2D eigenvalue weighted by atomic mass is 16.5. The third-order valence-electron chi connectivity index (χ3n) is 2.56. The van der Waals surface area contributed by atoms with Gasteiger partial charge in [0.2, 0.25) is 0 Å². The first-order valence-electron chi connectivity index (χ1n) is 5.62. The smallest absolute Gasteiger partial charge is 0.130 e. The molecule has 2 rings (SSSR count). The number of hydrogen-bond donors (Lipinski definition) is 0. The molecule has 1 radical (unpaired) electrons. The van der Waals surface area contributed by atoms with Gasteiger partial charge < -0.3 is 9.47 Å². The predicted molar refractivity (Wildman–Crippen MR) is 59.8 cm³/mol. The normalized spacial score (nSPS) is 17.7. The molecule has 0 atom stereocenters. The summed E-state index contributed by atoms with van der Waals surface area (Å²) in [5.41, 5.74) is 1.12. The summed E-state index contributed by atoms with van der Waals surface area (Å²) in [5.74, 6) is 0.942. The summed E-state index contributed by atoms with van der Waals surface area (Å²) in [6.45, 7) is 3.54. The van der Waals surface area contributed by atoms with E-state index in [1.54, 1.807) is 0 Å². The molecule has 0 bridgehead atoms. The summed E-state index contributed by atoms with van der Waals surface area (Å²) in [6.07, 6.45) is 4.51. The van der Waals surface area contributed by atoms with Crippen molar-refractivity contribution in [3.63, 3.8) is 0 Å². The van der Waals surface area contributed by atoms with Gasteiger partial charge in [0.25, 0.3) is 0 Å². The van der Waals surface area contributed by atoms with Crippen LogP contribution in [-0.4, -0.2) is 13.2 Å². The fraction of sp³-hybridized carbons (Fsp3) is 0.462. The van der Waals surface area contributed by atoms with Crippen LogP contribution in [0.5, 0.6) is 5.75 Å². The highest BCUT2D eigenvalue weighted by Gasteiger charge is 2.20. The highest BCUT2D eigenvalue weighted by Crippen LogP contribution is 2.32. The van der Waals surface area contributed by atoms with Gasteiger partial charge in [0, 0.05) is 12.2 Å². The van der Waals surface area contributed by atoms with Crippen molar-refractivity contribution in [3.05, 3.63) is 35.9 Å². The van der Waals surface area contributed by atoms with Crippen molar-refractivity contribution in [1.82, 2.24) is 0 Å². The topological polar surface area (TPSA) is 18.5 Å². The lowest BCUT2D eigenvalue weighted by Gasteiger charge is -2.23. The highest BCUT2D eigenvalue weighted by molar-refractivity contribution is 5.41. The molecule has 1 fully saturated rings. The molecule has 0 amide bonds. The number of hydrogen-bond acceptors (Lipinski definition) is 2. The van der Waals surface area contributed by atoms with E-state index in [1.807, 2.05) is 25.1 Å². The Labute approximate surface area is 91.2 Å². The fourth-order valence-corrected chi connectivity index (χ4v) is 1.85. The van der Waals surface area contributed by atoms with Gasteiger partial charge in [0.1, 0.15) is 11.9 Å². The zero-order chi connectivity index (χ0) is 10.5. The van der Waals surface area contributed by atoms with E-state index in [4.69, 9.17) is 9.47 Å². The van der Waals surface area contributed by atoms with Crippen LogP contribution >= 0.6 is 0 Å². The van der Waals surface area contributed by atoms with Gasteiger partial charge >= 0.3 is 0 Å². The molecule has 1 aliphatic heterocycles. The van der Waals surface area contributed by atoms with Crippen LogP contribution in [0.1, 0.15) is 31.7 Å². The molecule has 1 aromatic carbocycles. The van der Waals surface area contributed by atoms with Gasteiger partial charge in [-0.15, -0.1) is 0 Å². The summed E-state index contributed by atoms with van der Waals surface area (Å²) in [5, 5.41) is 0. The summed E-state index contributed by atoms with van der Waals surface area (Å²) < 4.78 is 11.3. The first-order valence-corrected chi connectivity index (χ1v) is 5.62. The van der Waals surface area contributed by atoms with E-state index in [-0.39, 0.29) is 0 Å². The van der Waals surface area contributed by atoms with Gasteiger partial charge in [-0.25, -0.2) is 0 Å². The Balaban J connectivity index is 2.17. The second-order valence-electron chi connectivity index (χ2n) is 3.66. The minimum absolute atomic E-state index is 0.699. The minimum atomic E-state index is 0.699. The molecule has 1 heterocycles. The number of ether oxygens (including phenoxy) is 2. The van der Waals surface area contributed by atoms with E-state index >= 15 is 0 Å². The van der Waals surface area contributed by atoms with Crippen molar-refractivity contribution in [1.29, 1.82) is 0 Å². The van der Waals surface area contributed by atoms with Crippen molar-refractivity contribution in [2.45, 2.75) is 26.2 Å². The zero-order valence-electron chi connectivity index (χ0n) is 9.16. The monoisotopic (exact) mass is 205 g/mol. The lowest BCUT2D eigenvalue weighted by Crippen LogP contribution is -2.13. The van der Waals surface area contributed by atoms with Gasteiger partial charge in [0.15, 0.2) is 0 Å². The Morgan fingerprint density at radius 3 is 2.87 bits per heavy atom. The fourth-order valence-electron chi connectivity index (χ4n) is 1.85. The number of benzene rings is 1. The number of para-hydroxylation sites is 1. The maximum Gasteiger partial charge on any atom is 0.130 e. The molecule has 0 unspecified atom stereocenters. The largest absolute Gasteiger partial charge is 0.493 e. The summed E-state index contributed by atoms with van der Waals surface area (Å²) in [7, 11) is 0. The van der Waals surface area contributed by atoms with Crippen LogP contribution in [0.2, 0.25) is 0 Å². The van der Waals surface area contributed by atoms with Crippen LogP contribution in [0.15, 0.2) is 24.3 Å². The molecule has 0 aliphatic carbocycles. The molecular weight excluding hydrogens is 188 g/mol. The molecule has 0 spiro atoms. The molecule has 2 nitrogen and oxygen atoms in total. The summed E-state index contributed by atoms with van der Waals surface area (Å²) >= 11 is 0. The Hall–Kier alpha value is -1.02. The van der Waals surface area contributed by atoms with Gasteiger partial charge in [-0.05, 0) is 32.3 Å². The minimum Gasteiger partial charge on any atom is -0.493 e. The predicted octanol–water partition coefficient (Wildman–Crippen LogP) is 3.17. The van der Waals surface area contributed by atoms with E-state index in [1.165, 1.54) is 12.8 Å². The Morgan fingerprint density at radius 1 is 1.27 bits per heavy atom. The summed E-state index contributed by atoms with van der Waals surface area (Å²) in [6, 6.07) is 8.11. The van der Waals surface area contributed by atoms with Crippen LogP contribution in [-0.2, 0) is 4.74 Å². The SMILES string of the molecule is CCOc1ccccc1[C]1CCCCO1. The Morgan fingerprint density at radius 2 is 2.13 bits per heavy atom. The van der Waals surface area contributed by atoms with E-state index in [0.717, 1.165) is 30.4 Å². The maximum atomic E-state index is 5.69. The van der Waals surface area contributed by atoms with Crippen LogP contribution in [0.25, 0.3) is 0 Å². The van der Waals surface area contributed by atoms with E-state index in [0.29, 0.717) is 6.61 Å². The van der Waals surface area contributed by atoms with E-state index in [9.17, 15) is 0 Å². The van der Waals surface area contributed by atoms with Crippen molar-refractivity contribution in [2.24, 2.45) is 0 Å². The van der Waals surface area contributed by atoms with Crippen molar-refractivity contribution >= 4 is 0 Å². The molecule has 0 aromatic heterocycles. The van der Waals surface area contributed by atoms with Crippen molar-refractivity contribution in [2.75, 3.05) is 13.2 Å². The average molecular weight is 205 g/mol. The van der Waals surface area contributed by atoms with Crippen LogP contribution in [0.4, 0.5) is 0 Å². The molecule has 1 aromatic rings. The van der Waals surface area contributed by atoms with Gasteiger partial charge in [0.05, 0.1) is 6.61 Å². The second-order valence-corrected chi connectivity index (χ2v) is 3.66. The third kappa shape index (κ3) is 2.51. The van der Waals surface area contributed by atoms with Crippen LogP contribution in [0.3, 0.4) is 0 Å². The molecule has 2 heteroatoms. The molecule has 0 N–H and O–H groups in total. The molecule has 1 saturated heterocycles. The lowest BCUT2D eigenvalue weighted by molar-refractivity contribution is 0.115. The van der Waals surface area contributed by atoms with E-state index < -0.39 is 0 Å². The average Bonchev–Trinajstić information content (AvgIpc) is 2.31. The van der Waals surface area contributed by atoms with Gasteiger partial charge in [-0.3, -0.25) is 0 Å². The standard InChI is InChI=1S/C13H17O2/c1-2-14-12-8-4-3-7-11(12)13-9-5-6-10-15-13/h3-4,7-8H,2,5-6,9-10H2,1H3. The van der Waals surface area contributed by atoms with Gasteiger partial charge in [-0.2, -0.15) is 0 Å². The maximum absolute atomic E-state index is 5.69. The third-order valence-corrected chi connectivity index (χ3v) is 2.56. The van der Waals surface area contributed by atoms with E-state index in [2.05, 4.69) is 6.07 Å². The lowest BCUT2D eigenvalue weighted by atomic mass is 10.0. The van der Waals surface area contributed by atoms with Crippen molar-refractivity contribution in [3.8, 4) is 5.75 Å². The first kappa shape index (κ1) is 10.5. The molecule has 15 heavy (non-hydrogen) atoms. The second kappa shape index (κ2) is 5.17. The summed E-state index contributed by atoms with van der Waals surface area (Å²) in [4.78, 5) is 0. The molecule has 1 aliphatic rings. The first-order chi connectivity index (χ1) is 7.42.